The van der Waals surface area contributed by atoms with Crippen LogP contribution in [0.3, 0.4) is 0 Å². The Kier molecular flexibility index (Phi) is 7.13. The van der Waals surface area contributed by atoms with Crippen molar-refractivity contribution in [1.29, 1.82) is 0 Å². The highest BCUT2D eigenvalue weighted by molar-refractivity contribution is 5.91. The molecule has 0 radical (unpaired) electrons. The molecule has 0 spiro atoms. The summed E-state index contributed by atoms with van der Waals surface area (Å²) in [5.41, 5.74) is -0.691. The SMILES string of the molecule is COc1ccc(Oc2cc(NC(=O)Cn3nc(C(F)(F)F)c4c3CCCCC4)cc([N+](=O)[O-])c2)cc1. The van der Waals surface area contributed by atoms with Crippen molar-refractivity contribution < 1.29 is 32.4 Å². The fourth-order valence-electron chi connectivity index (χ4n) is 4.14. The monoisotopic (exact) mass is 504 g/mol. The van der Waals surface area contributed by atoms with Gasteiger partial charge in [-0.1, -0.05) is 6.42 Å². The van der Waals surface area contributed by atoms with Crippen LogP contribution in [0.1, 0.15) is 36.2 Å². The number of amides is 1. The van der Waals surface area contributed by atoms with Gasteiger partial charge in [0.2, 0.25) is 5.91 Å². The molecule has 36 heavy (non-hydrogen) atoms. The number of alkyl halides is 3. The minimum atomic E-state index is -4.62. The predicted octanol–water partition coefficient (Wildman–Crippen LogP) is 5.52. The Labute approximate surface area is 204 Å². The van der Waals surface area contributed by atoms with Gasteiger partial charge in [0, 0.05) is 23.4 Å². The minimum absolute atomic E-state index is 0.0620. The zero-order valence-electron chi connectivity index (χ0n) is 19.3. The van der Waals surface area contributed by atoms with Crippen LogP contribution in [0.5, 0.6) is 17.2 Å². The number of hydrogen-bond donors (Lipinski definition) is 1. The first-order valence-corrected chi connectivity index (χ1v) is 11.2. The van der Waals surface area contributed by atoms with Gasteiger partial charge in [-0.25, -0.2) is 0 Å². The van der Waals surface area contributed by atoms with Gasteiger partial charge in [0.05, 0.1) is 23.8 Å². The van der Waals surface area contributed by atoms with E-state index < -0.39 is 29.2 Å². The number of nitro benzene ring substituents is 1. The molecule has 0 saturated heterocycles. The number of benzene rings is 2. The molecule has 4 rings (SSSR count). The normalized spacial score (nSPS) is 13.4. The largest absolute Gasteiger partial charge is 0.497 e. The van der Waals surface area contributed by atoms with E-state index in [0.717, 1.165) is 17.2 Å². The molecular weight excluding hydrogens is 481 g/mol. The molecule has 0 atom stereocenters. The lowest BCUT2D eigenvalue weighted by Gasteiger charge is -2.11. The summed E-state index contributed by atoms with van der Waals surface area (Å²) in [5, 5.41) is 17.6. The first-order chi connectivity index (χ1) is 17.1. The van der Waals surface area contributed by atoms with E-state index in [2.05, 4.69) is 10.4 Å². The van der Waals surface area contributed by atoms with Crippen LogP contribution in [-0.2, 0) is 30.4 Å². The molecule has 190 valence electrons. The summed E-state index contributed by atoms with van der Waals surface area (Å²) >= 11 is 0. The van der Waals surface area contributed by atoms with Crippen molar-refractivity contribution in [2.24, 2.45) is 0 Å². The van der Waals surface area contributed by atoms with Crippen molar-refractivity contribution in [3.05, 3.63) is 69.5 Å². The smallest absolute Gasteiger partial charge is 0.435 e. The number of carbonyl (C=O) groups excluding carboxylic acids is 1. The second kappa shape index (κ2) is 10.3. The number of methoxy groups -OCH3 is 1. The maximum absolute atomic E-state index is 13.5. The highest BCUT2D eigenvalue weighted by Crippen LogP contribution is 2.35. The number of nitrogens with one attached hydrogen (secondary N) is 1. The second-order valence-electron chi connectivity index (χ2n) is 8.29. The van der Waals surface area contributed by atoms with E-state index in [-0.39, 0.29) is 29.1 Å². The first kappa shape index (κ1) is 25.0. The molecule has 1 aromatic heterocycles. The highest BCUT2D eigenvalue weighted by atomic mass is 19.4. The van der Waals surface area contributed by atoms with Crippen LogP contribution in [0.4, 0.5) is 24.5 Å². The number of halogens is 3. The van der Waals surface area contributed by atoms with Crippen LogP contribution < -0.4 is 14.8 Å². The minimum Gasteiger partial charge on any atom is -0.497 e. The molecule has 0 fully saturated rings. The summed E-state index contributed by atoms with van der Waals surface area (Å²) in [4.78, 5) is 23.5. The Morgan fingerprint density at radius 3 is 2.44 bits per heavy atom. The van der Waals surface area contributed by atoms with Gasteiger partial charge in [0.1, 0.15) is 23.8 Å². The third-order valence-electron chi connectivity index (χ3n) is 5.75. The fraction of sp³-hybridized carbons (Fsp3) is 0.333. The lowest BCUT2D eigenvalue weighted by molar-refractivity contribution is -0.384. The van der Waals surface area contributed by atoms with Crippen LogP contribution >= 0.6 is 0 Å². The Morgan fingerprint density at radius 1 is 1.08 bits per heavy atom. The van der Waals surface area contributed by atoms with E-state index in [9.17, 15) is 28.1 Å². The number of nitrogens with zero attached hydrogens (tertiary/aromatic N) is 3. The third-order valence-corrected chi connectivity index (χ3v) is 5.75. The van der Waals surface area contributed by atoms with Gasteiger partial charge in [-0.15, -0.1) is 0 Å². The van der Waals surface area contributed by atoms with Crippen molar-refractivity contribution in [3.8, 4) is 17.2 Å². The van der Waals surface area contributed by atoms with Crippen molar-refractivity contribution in [1.82, 2.24) is 9.78 Å². The maximum Gasteiger partial charge on any atom is 0.435 e. The molecule has 12 heteroatoms. The van der Waals surface area contributed by atoms with Gasteiger partial charge in [-0.2, -0.15) is 18.3 Å². The molecule has 3 aromatic rings. The number of hydrogen-bond acceptors (Lipinski definition) is 6. The summed E-state index contributed by atoms with van der Waals surface area (Å²) in [6.45, 7) is -0.463. The van der Waals surface area contributed by atoms with Crippen molar-refractivity contribution in [3.63, 3.8) is 0 Å². The maximum atomic E-state index is 13.5. The van der Waals surface area contributed by atoms with E-state index in [1.165, 1.54) is 19.2 Å². The molecule has 1 amide bonds. The second-order valence-corrected chi connectivity index (χ2v) is 8.29. The molecule has 9 nitrogen and oxygen atoms in total. The summed E-state index contributed by atoms with van der Waals surface area (Å²) in [5.74, 6) is 0.401. The average Bonchev–Trinajstić information content (AvgIpc) is 3.00. The predicted molar refractivity (Wildman–Crippen MR) is 123 cm³/mol. The van der Waals surface area contributed by atoms with E-state index in [0.29, 0.717) is 36.5 Å². The van der Waals surface area contributed by atoms with Gasteiger partial charge in [-0.3, -0.25) is 19.6 Å². The lowest BCUT2D eigenvalue weighted by Crippen LogP contribution is -2.21. The molecule has 0 saturated carbocycles. The van der Waals surface area contributed by atoms with Crippen LogP contribution in [0, 0.1) is 10.1 Å². The Bertz CT molecular complexity index is 1270. The van der Waals surface area contributed by atoms with Gasteiger partial charge < -0.3 is 14.8 Å². The number of aromatic nitrogens is 2. The Morgan fingerprint density at radius 2 is 1.78 bits per heavy atom. The molecule has 2 aromatic carbocycles. The standard InChI is InChI=1S/C24H23F3N4O5/c1-35-17-7-9-18(10-8-17)36-19-12-15(11-16(13-19)31(33)34)28-22(32)14-30-21-6-4-2-3-5-20(21)23(29-30)24(25,26)27/h7-13H,2-6,14H2,1H3,(H,28,32). The molecular formula is C24H23F3N4O5. The number of nitro groups is 1. The Balaban J connectivity index is 1.56. The molecule has 0 bridgehead atoms. The van der Waals surface area contributed by atoms with E-state index >= 15 is 0 Å². The van der Waals surface area contributed by atoms with Gasteiger partial charge in [0.25, 0.3) is 5.69 Å². The molecule has 0 aliphatic heterocycles. The van der Waals surface area contributed by atoms with E-state index in [1.807, 2.05) is 0 Å². The summed E-state index contributed by atoms with van der Waals surface area (Å²) in [7, 11) is 1.51. The van der Waals surface area contributed by atoms with E-state index in [4.69, 9.17) is 9.47 Å². The number of rotatable bonds is 7. The zero-order valence-corrected chi connectivity index (χ0v) is 19.3. The third kappa shape index (κ3) is 5.75. The summed E-state index contributed by atoms with van der Waals surface area (Å²) < 4.78 is 52.4. The zero-order chi connectivity index (χ0) is 25.9. The van der Waals surface area contributed by atoms with Gasteiger partial charge in [-0.05, 0) is 49.9 Å². The van der Waals surface area contributed by atoms with Gasteiger partial charge in [0.15, 0.2) is 5.69 Å². The van der Waals surface area contributed by atoms with Crippen molar-refractivity contribution in [2.75, 3.05) is 12.4 Å². The molecule has 1 aliphatic rings. The quantitative estimate of drug-likeness (QED) is 0.258. The van der Waals surface area contributed by atoms with Crippen molar-refractivity contribution >= 4 is 17.3 Å². The number of anilines is 1. The summed E-state index contributed by atoms with van der Waals surface area (Å²) in [6.07, 6.45) is -1.86. The van der Waals surface area contributed by atoms with Crippen LogP contribution in [0.15, 0.2) is 42.5 Å². The molecule has 0 unspecified atom stereocenters. The molecule has 1 heterocycles. The van der Waals surface area contributed by atoms with Gasteiger partial charge >= 0.3 is 6.18 Å². The number of ether oxygens (including phenoxy) is 2. The highest BCUT2D eigenvalue weighted by Gasteiger charge is 2.39. The topological polar surface area (TPSA) is 109 Å². The Hall–Kier alpha value is -4.09. The molecule has 1 N–H and O–H groups in total. The van der Waals surface area contributed by atoms with Crippen LogP contribution in [0.25, 0.3) is 0 Å². The van der Waals surface area contributed by atoms with Crippen molar-refractivity contribution in [2.45, 2.75) is 44.8 Å². The average molecular weight is 504 g/mol. The number of non-ortho nitro benzene ring substituents is 1. The number of fused-ring (bicyclic) bond motifs is 1. The lowest BCUT2D eigenvalue weighted by atomic mass is 10.1. The fourth-order valence-corrected chi connectivity index (χ4v) is 4.14. The summed E-state index contributed by atoms with van der Waals surface area (Å²) in [6, 6.07) is 10.2. The van der Waals surface area contributed by atoms with Crippen LogP contribution in [-0.4, -0.2) is 27.7 Å². The van der Waals surface area contributed by atoms with E-state index in [1.54, 1.807) is 24.3 Å². The molecule has 1 aliphatic carbocycles. The van der Waals surface area contributed by atoms with Crippen LogP contribution in [0.2, 0.25) is 0 Å². The first-order valence-electron chi connectivity index (χ1n) is 11.2. The number of carbonyl (C=O) groups is 1.